The highest BCUT2D eigenvalue weighted by molar-refractivity contribution is 6.35. The Kier molecular flexibility index (Phi) is 7.44. The van der Waals surface area contributed by atoms with Crippen LogP contribution in [-0.4, -0.2) is 31.2 Å². The van der Waals surface area contributed by atoms with E-state index in [1.165, 1.54) is 7.11 Å². The number of oxime groups is 1. The van der Waals surface area contributed by atoms with Crippen molar-refractivity contribution in [1.82, 2.24) is 5.32 Å². The molecule has 0 aliphatic carbocycles. The topological polar surface area (TPSA) is 77.0 Å². The van der Waals surface area contributed by atoms with Crippen LogP contribution in [0.3, 0.4) is 0 Å². The first-order valence-corrected chi connectivity index (χ1v) is 8.30. The van der Waals surface area contributed by atoms with Gasteiger partial charge in [-0.2, -0.15) is 0 Å². The van der Waals surface area contributed by atoms with Crippen LogP contribution in [0.4, 0.5) is 0 Å². The Labute approximate surface area is 160 Å². The van der Waals surface area contributed by atoms with Gasteiger partial charge in [0.1, 0.15) is 6.61 Å². The fourth-order valence-electron chi connectivity index (χ4n) is 1.97. The number of esters is 1. The van der Waals surface area contributed by atoms with E-state index in [0.717, 1.165) is 6.21 Å². The van der Waals surface area contributed by atoms with Gasteiger partial charge in [0.25, 0.3) is 5.91 Å². The molecule has 0 aliphatic heterocycles. The molecule has 0 saturated carbocycles. The Morgan fingerprint density at radius 3 is 2.38 bits per heavy atom. The van der Waals surface area contributed by atoms with Crippen molar-refractivity contribution in [2.45, 2.75) is 12.6 Å². The lowest BCUT2D eigenvalue weighted by molar-refractivity contribution is -0.140. The second kappa shape index (κ2) is 9.79. The van der Waals surface area contributed by atoms with Crippen molar-refractivity contribution in [3.63, 3.8) is 0 Å². The predicted molar refractivity (Wildman–Crippen MR) is 99.5 cm³/mol. The Bertz CT molecular complexity index is 777. The maximum absolute atomic E-state index is 12.2. The lowest BCUT2D eigenvalue weighted by Crippen LogP contribution is -2.42. The molecule has 0 spiro atoms. The van der Waals surface area contributed by atoms with E-state index in [1.54, 1.807) is 48.5 Å². The van der Waals surface area contributed by atoms with E-state index in [1.807, 2.05) is 0 Å². The number of halogens is 2. The molecule has 1 atom stereocenters. The first kappa shape index (κ1) is 19.8. The van der Waals surface area contributed by atoms with E-state index < -0.39 is 17.9 Å². The quantitative estimate of drug-likeness (QED) is 0.443. The van der Waals surface area contributed by atoms with Gasteiger partial charge in [0.05, 0.1) is 13.3 Å². The number of nitrogens with zero attached hydrogens (tertiary/aromatic N) is 1. The summed E-state index contributed by atoms with van der Waals surface area (Å²) < 4.78 is 4.66. The van der Waals surface area contributed by atoms with Gasteiger partial charge in [0, 0.05) is 21.2 Å². The van der Waals surface area contributed by atoms with Crippen molar-refractivity contribution in [2.24, 2.45) is 5.16 Å². The number of benzene rings is 2. The SMILES string of the molecule is COC(=O)[C@@H](/C=N\OCc1c(Cl)cccc1Cl)NC(=O)c1ccccc1. The minimum absolute atomic E-state index is 0.00946. The van der Waals surface area contributed by atoms with Crippen LogP contribution in [0, 0.1) is 0 Å². The number of amides is 1. The van der Waals surface area contributed by atoms with E-state index >= 15 is 0 Å². The van der Waals surface area contributed by atoms with Crippen LogP contribution in [0.25, 0.3) is 0 Å². The summed E-state index contributed by atoms with van der Waals surface area (Å²) >= 11 is 12.1. The Balaban J connectivity index is 2.00. The van der Waals surface area contributed by atoms with Crippen LogP contribution in [0.2, 0.25) is 10.0 Å². The Morgan fingerprint density at radius 1 is 1.12 bits per heavy atom. The number of ether oxygens (including phenoxy) is 1. The number of hydrogen-bond acceptors (Lipinski definition) is 5. The summed E-state index contributed by atoms with van der Waals surface area (Å²) in [4.78, 5) is 29.1. The van der Waals surface area contributed by atoms with Gasteiger partial charge < -0.3 is 14.9 Å². The van der Waals surface area contributed by atoms with Crippen molar-refractivity contribution in [1.29, 1.82) is 0 Å². The van der Waals surface area contributed by atoms with Crippen molar-refractivity contribution >= 4 is 41.3 Å². The smallest absolute Gasteiger partial charge is 0.334 e. The number of carbonyl (C=O) groups is 2. The zero-order valence-corrected chi connectivity index (χ0v) is 15.3. The lowest BCUT2D eigenvalue weighted by atomic mass is 10.2. The summed E-state index contributed by atoms with van der Waals surface area (Å²) in [5.74, 6) is -1.13. The molecule has 2 rings (SSSR count). The maximum Gasteiger partial charge on any atom is 0.334 e. The molecule has 26 heavy (non-hydrogen) atoms. The zero-order valence-electron chi connectivity index (χ0n) is 13.8. The summed E-state index contributed by atoms with van der Waals surface area (Å²) in [6.07, 6.45) is 1.14. The monoisotopic (exact) mass is 394 g/mol. The average Bonchev–Trinajstić information content (AvgIpc) is 2.66. The number of carbonyl (C=O) groups excluding carboxylic acids is 2. The summed E-state index contributed by atoms with van der Waals surface area (Å²) in [6, 6.07) is 12.4. The van der Waals surface area contributed by atoms with Crippen LogP contribution >= 0.6 is 23.2 Å². The molecule has 6 nitrogen and oxygen atoms in total. The predicted octanol–water partition coefficient (Wildman–Crippen LogP) is 3.47. The van der Waals surface area contributed by atoms with Crippen molar-refractivity contribution < 1.29 is 19.2 Å². The molecule has 2 aromatic rings. The van der Waals surface area contributed by atoms with Gasteiger partial charge in [0.2, 0.25) is 0 Å². The van der Waals surface area contributed by atoms with Crippen molar-refractivity contribution in [2.75, 3.05) is 7.11 Å². The van der Waals surface area contributed by atoms with Gasteiger partial charge in [-0.1, -0.05) is 52.6 Å². The molecule has 0 aromatic heterocycles. The third-order valence-corrected chi connectivity index (χ3v) is 4.04. The third kappa shape index (κ3) is 5.47. The van der Waals surface area contributed by atoms with Gasteiger partial charge in [-0.15, -0.1) is 0 Å². The van der Waals surface area contributed by atoms with Crippen LogP contribution in [0.1, 0.15) is 15.9 Å². The maximum atomic E-state index is 12.2. The Hall–Kier alpha value is -2.57. The second-order valence-electron chi connectivity index (χ2n) is 5.07. The number of methoxy groups -OCH3 is 1. The zero-order chi connectivity index (χ0) is 18.9. The first-order chi connectivity index (χ1) is 12.5. The van der Waals surface area contributed by atoms with Crippen LogP contribution in [0.5, 0.6) is 0 Å². The summed E-state index contributed by atoms with van der Waals surface area (Å²) in [5.41, 5.74) is 0.967. The molecular weight excluding hydrogens is 379 g/mol. The average molecular weight is 395 g/mol. The van der Waals surface area contributed by atoms with Crippen LogP contribution < -0.4 is 5.32 Å². The van der Waals surface area contributed by atoms with Gasteiger partial charge in [0.15, 0.2) is 6.04 Å². The molecule has 0 fully saturated rings. The fraction of sp³-hybridized carbons (Fsp3) is 0.167. The van der Waals surface area contributed by atoms with Gasteiger partial charge in [-0.05, 0) is 24.3 Å². The van der Waals surface area contributed by atoms with Gasteiger partial charge in [-0.3, -0.25) is 4.79 Å². The first-order valence-electron chi connectivity index (χ1n) is 7.55. The highest BCUT2D eigenvalue weighted by Gasteiger charge is 2.20. The fourth-order valence-corrected chi connectivity index (χ4v) is 2.48. The molecule has 0 radical (unpaired) electrons. The molecule has 0 saturated heterocycles. The number of nitrogens with one attached hydrogen (secondary N) is 1. The minimum Gasteiger partial charge on any atom is -0.467 e. The van der Waals surface area contributed by atoms with Gasteiger partial charge in [-0.25, -0.2) is 4.79 Å². The van der Waals surface area contributed by atoms with Crippen LogP contribution in [-0.2, 0) is 21.0 Å². The molecule has 136 valence electrons. The third-order valence-electron chi connectivity index (χ3n) is 3.33. The normalized spacial score (nSPS) is 11.8. The van der Waals surface area contributed by atoms with E-state index in [9.17, 15) is 9.59 Å². The molecule has 8 heteroatoms. The largest absolute Gasteiger partial charge is 0.467 e. The van der Waals surface area contributed by atoms with Crippen LogP contribution in [0.15, 0.2) is 53.7 Å². The molecular formula is C18H16Cl2N2O4. The van der Waals surface area contributed by atoms with Gasteiger partial charge >= 0.3 is 5.97 Å². The summed E-state index contributed by atoms with van der Waals surface area (Å²) in [6.45, 7) is 0.00946. The van der Waals surface area contributed by atoms with Crippen molar-refractivity contribution in [3.8, 4) is 0 Å². The second-order valence-corrected chi connectivity index (χ2v) is 5.88. The molecule has 1 N–H and O–H groups in total. The molecule has 1 amide bonds. The molecule has 0 unspecified atom stereocenters. The highest BCUT2D eigenvalue weighted by Crippen LogP contribution is 2.24. The standard InChI is InChI=1S/C18H16Cl2N2O4/c1-25-18(24)16(22-17(23)12-6-3-2-4-7-12)10-21-26-11-13-14(19)8-5-9-15(13)20/h2-10,16H,11H2,1H3,(H,22,23)/b21-10-/t16-/m1/s1. The summed E-state index contributed by atoms with van der Waals surface area (Å²) in [7, 11) is 1.21. The van der Waals surface area contributed by atoms with Crippen molar-refractivity contribution in [3.05, 3.63) is 69.7 Å². The van der Waals surface area contributed by atoms with E-state index in [0.29, 0.717) is 21.2 Å². The minimum atomic E-state index is -1.10. The van der Waals surface area contributed by atoms with E-state index in [4.69, 9.17) is 28.0 Å². The highest BCUT2D eigenvalue weighted by atomic mass is 35.5. The van der Waals surface area contributed by atoms with E-state index in [-0.39, 0.29) is 6.61 Å². The lowest BCUT2D eigenvalue weighted by Gasteiger charge is -2.12. The molecule has 2 aromatic carbocycles. The van der Waals surface area contributed by atoms with E-state index in [2.05, 4.69) is 15.2 Å². The molecule has 0 heterocycles. The Morgan fingerprint density at radius 2 is 1.77 bits per heavy atom. The number of hydrogen-bond donors (Lipinski definition) is 1. The molecule has 0 aliphatic rings. The number of rotatable bonds is 7. The molecule has 0 bridgehead atoms. The summed E-state index contributed by atoms with van der Waals surface area (Å²) in [5, 5.41) is 7.10.